The fraction of sp³-hybridized carbons (Fsp3) is 0.115. The van der Waals surface area contributed by atoms with Crippen molar-refractivity contribution in [3.63, 3.8) is 0 Å². The summed E-state index contributed by atoms with van der Waals surface area (Å²) in [5.41, 5.74) is 0.708. The van der Waals surface area contributed by atoms with Crippen molar-refractivity contribution in [1.29, 1.82) is 0 Å². The maximum atomic E-state index is 13.6. The van der Waals surface area contributed by atoms with Gasteiger partial charge in [-0.2, -0.15) is 0 Å². The molecule has 1 amide bonds. The van der Waals surface area contributed by atoms with Crippen molar-refractivity contribution in [3.8, 4) is 5.75 Å². The maximum Gasteiger partial charge on any atom is 0.273 e. The van der Waals surface area contributed by atoms with Gasteiger partial charge in [-0.3, -0.25) is 19.2 Å². The minimum Gasteiger partial charge on any atom is -0.497 e. The molecule has 4 rings (SSSR count). The number of nitro benzene ring substituents is 1. The molecule has 0 saturated heterocycles. The molecule has 0 aliphatic heterocycles. The Morgan fingerprint density at radius 2 is 1.67 bits per heavy atom. The lowest BCUT2D eigenvalue weighted by Crippen LogP contribution is -2.38. The summed E-state index contributed by atoms with van der Waals surface area (Å²) in [6, 6.07) is 22.8. The molecule has 4 aromatic carbocycles. The summed E-state index contributed by atoms with van der Waals surface area (Å²) in [7, 11) is -2.86. The van der Waals surface area contributed by atoms with Crippen molar-refractivity contribution in [2.24, 2.45) is 0 Å². The van der Waals surface area contributed by atoms with Crippen LogP contribution < -0.4 is 14.4 Å². The lowest BCUT2D eigenvalue weighted by molar-refractivity contribution is -0.385. The number of rotatable bonds is 8. The van der Waals surface area contributed by atoms with Gasteiger partial charge in [-0.1, -0.05) is 36.4 Å². The Balaban J connectivity index is 1.69. The van der Waals surface area contributed by atoms with Crippen LogP contribution in [0.1, 0.15) is 5.56 Å². The van der Waals surface area contributed by atoms with E-state index in [-0.39, 0.29) is 16.3 Å². The fourth-order valence-electron chi connectivity index (χ4n) is 3.74. The number of nitrogens with zero attached hydrogens (tertiary/aromatic N) is 2. The van der Waals surface area contributed by atoms with E-state index < -0.39 is 27.4 Å². The van der Waals surface area contributed by atoms with Crippen LogP contribution in [0, 0.1) is 17.0 Å². The number of amides is 1. The third kappa shape index (κ3) is 5.13. The molecule has 0 aliphatic rings. The van der Waals surface area contributed by atoms with Gasteiger partial charge < -0.3 is 10.1 Å². The van der Waals surface area contributed by atoms with E-state index in [2.05, 4.69) is 5.32 Å². The van der Waals surface area contributed by atoms with Gasteiger partial charge in [0.2, 0.25) is 5.91 Å². The summed E-state index contributed by atoms with van der Waals surface area (Å²) in [6.07, 6.45) is 0. The van der Waals surface area contributed by atoms with Gasteiger partial charge in [0, 0.05) is 17.3 Å². The van der Waals surface area contributed by atoms with E-state index in [4.69, 9.17) is 4.74 Å². The van der Waals surface area contributed by atoms with Gasteiger partial charge in [-0.25, -0.2) is 8.42 Å². The highest BCUT2D eigenvalue weighted by Crippen LogP contribution is 2.29. The number of benzene rings is 4. The number of anilines is 2. The standard InChI is InChI=1S/C26H23N3O6S/c1-18-7-14-24(16-25(18)29(31)32)36(33,34)28(22-10-12-23(35-2)13-11-22)17-26(30)27-21-9-8-19-5-3-4-6-20(19)15-21/h3-16H,17H2,1-2H3,(H,27,30). The van der Waals surface area contributed by atoms with Crippen LogP contribution >= 0.6 is 0 Å². The molecule has 0 radical (unpaired) electrons. The molecule has 36 heavy (non-hydrogen) atoms. The average molecular weight is 506 g/mol. The van der Waals surface area contributed by atoms with Crippen molar-refractivity contribution in [2.45, 2.75) is 11.8 Å². The van der Waals surface area contributed by atoms with Crippen LogP contribution in [-0.2, 0) is 14.8 Å². The molecule has 0 bridgehead atoms. The first-order valence-corrected chi connectivity index (χ1v) is 12.3. The molecule has 0 fully saturated rings. The van der Waals surface area contributed by atoms with Crippen molar-refractivity contribution in [2.75, 3.05) is 23.3 Å². The monoisotopic (exact) mass is 505 g/mol. The number of fused-ring (bicyclic) bond motifs is 1. The molecule has 9 nitrogen and oxygen atoms in total. The molecule has 184 valence electrons. The Labute approximate surface area is 208 Å². The zero-order valence-corrected chi connectivity index (χ0v) is 20.4. The number of methoxy groups -OCH3 is 1. The lowest BCUT2D eigenvalue weighted by Gasteiger charge is -2.24. The summed E-state index contributed by atoms with van der Waals surface area (Å²) < 4.78 is 33.3. The highest BCUT2D eigenvalue weighted by Gasteiger charge is 2.29. The zero-order valence-electron chi connectivity index (χ0n) is 19.5. The van der Waals surface area contributed by atoms with E-state index in [0.29, 0.717) is 17.0 Å². The normalized spacial score (nSPS) is 11.2. The summed E-state index contributed by atoms with van der Waals surface area (Å²) in [4.78, 5) is 23.5. The predicted molar refractivity (Wildman–Crippen MR) is 138 cm³/mol. The first kappa shape index (κ1) is 24.7. The van der Waals surface area contributed by atoms with E-state index in [1.807, 2.05) is 30.3 Å². The Morgan fingerprint density at radius 3 is 2.33 bits per heavy atom. The molecule has 0 aromatic heterocycles. The number of aryl methyl sites for hydroxylation is 1. The van der Waals surface area contributed by atoms with Crippen LogP contribution in [0.2, 0.25) is 0 Å². The van der Waals surface area contributed by atoms with Gasteiger partial charge in [0.15, 0.2) is 0 Å². The highest BCUT2D eigenvalue weighted by molar-refractivity contribution is 7.92. The smallest absolute Gasteiger partial charge is 0.273 e. The van der Waals surface area contributed by atoms with Crippen LogP contribution in [0.15, 0.2) is 89.8 Å². The Morgan fingerprint density at radius 1 is 0.972 bits per heavy atom. The molecular formula is C26H23N3O6S. The second-order valence-electron chi connectivity index (χ2n) is 8.03. The Bertz CT molecular complexity index is 1550. The highest BCUT2D eigenvalue weighted by atomic mass is 32.2. The minimum absolute atomic E-state index is 0.202. The third-order valence-corrected chi connectivity index (χ3v) is 7.42. The van der Waals surface area contributed by atoms with Gasteiger partial charge in [0.25, 0.3) is 15.7 Å². The largest absolute Gasteiger partial charge is 0.497 e. The van der Waals surface area contributed by atoms with Crippen molar-refractivity contribution in [3.05, 3.63) is 101 Å². The molecule has 0 spiro atoms. The van der Waals surface area contributed by atoms with Crippen LogP contribution in [-0.4, -0.2) is 32.9 Å². The minimum atomic E-state index is -4.34. The molecule has 0 unspecified atom stereocenters. The number of carbonyl (C=O) groups excluding carboxylic acids is 1. The number of sulfonamides is 1. The number of hydrogen-bond acceptors (Lipinski definition) is 6. The SMILES string of the molecule is COc1ccc(N(CC(=O)Nc2ccc3ccccc3c2)S(=O)(=O)c2ccc(C)c([N+](=O)[O-])c2)cc1. The van der Waals surface area contributed by atoms with Crippen molar-refractivity contribution < 1.29 is 22.9 Å². The Hall–Kier alpha value is -4.44. The second-order valence-corrected chi connectivity index (χ2v) is 9.89. The number of nitro groups is 1. The van der Waals surface area contributed by atoms with Crippen molar-refractivity contribution >= 4 is 43.8 Å². The van der Waals surface area contributed by atoms with Gasteiger partial charge in [0.1, 0.15) is 12.3 Å². The van der Waals surface area contributed by atoms with Crippen molar-refractivity contribution in [1.82, 2.24) is 0 Å². The first-order valence-electron chi connectivity index (χ1n) is 10.9. The van der Waals surface area contributed by atoms with Gasteiger partial charge in [-0.15, -0.1) is 0 Å². The summed E-state index contributed by atoms with van der Waals surface area (Å²) in [5, 5.41) is 16.1. The van der Waals surface area contributed by atoms with Crippen LogP contribution in [0.25, 0.3) is 10.8 Å². The molecular weight excluding hydrogens is 482 g/mol. The first-order chi connectivity index (χ1) is 17.2. The van der Waals surface area contributed by atoms with Crippen LogP contribution in [0.5, 0.6) is 5.75 Å². The number of hydrogen-bond donors (Lipinski definition) is 1. The van der Waals surface area contributed by atoms with Gasteiger partial charge >= 0.3 is 0 Å². The lowest BCUT2D eigenvalue weighted by atomic mass is 10.1. The maximum absolute atomic E-state index is 13.6. The topological polar surface area (TPSA) is 119 Å². The number of nitrogens with one attached hydrogen (secondary N) is 1. The van der Waals surface area contributed by atoms with E-state index in [1.54, 1.807) is 24.3 Å². The average Bonchev–Trinajstić information content (AvgIpc) is 2.87. The van der Waals surface area contributed by atoms with Crippen LogP contribution in [0.3, 0.4) is 0 Å². The van der Waals surface area contributed by atoms with E-state index >= 15 is 0 Å². The third-order valence-electron chi connectivity index (χ3n) is 5.65. The molecule has 1 N–H and O–H groups in total. The second kappa shape index (κ2) is 10.0. The molecule has 0 saturated carbocycles. The summed E-state index contributed by atoms with van der Waals surface area (Å²) >= 11 is 0. The molecule has 10 heteroatoms. The summed E-state index contributed by atoms with van der Waals surface area (Å²) in [5.74, 6) is -0.0750. The van der Waals surface area contributed by atoms with Crippen LogP contribution in [0.4, 0.5) is 17.1 Å². The zero-order chi connectivity index (χ0) is 25.9. The number of carbonyl (C=O) groups is 1. The van der Waals surface area contributed by atoms with E-state index in [9.17, 15) is 23.3 Å². The number of ether oxygens (including phenoxy) is 1. The fourth-order valence-corrected chi connectivity index (χ4v) is 5.18. The quantitative estimate of drug-likeness (QED) is 0.269. The summed E-state index contributed by atoms with van der Waals surface area (Å²) in [6.45, 7) is 0.968. The molecule has 0 heterocycles. The van der Waals surface area contributed by atoms with E-state index in [0.717, 1.165) is 21.1 Å². The Kier molecular flexibility index (Phi) is 6.89. The van der Waals surface area contributed by atoms with E-state index in [1.165, 1.54) is 38.3 Å². The molecule has 0 aliphatic carbocycles. The predicted octanol–water partition coefficient (Wildman–Crippen LogP) is 4.90. The van der Waals surface area contributed by atoms with Gasteiger partial charge in [0.05, 0.1) is 22.6 Å². The van der Waals surface area contributed by atoms with Gasteiger partial charge in [-0.05, 0) is 60.2 Å². The molecule has 4 aromatic rings. The molecule has 0 atom stereocenters.